The molecule has 1 amide bonds. The molecule has 0 saturated heterocycles. The topological polar surface area (TPSA) is 124 Å². The Morgan fingerprint density at radius 2 is 2.40 bits per heavy atom. The second-order valence-electron chi connectivity index (χ2n) is 3.07. The van der Waals surface area contributed by atoms with Gasteiger partial charge in [0.05, 0.1) is 6.54 Å². The van der Waals surface area contributed by atoms with Crippen molar-refractivity contribution in [2.75, 3.05) is 22.5 Å². The molecule has 1 aliphatic heterocycles. The maximum absolute atomic E-state index is 11.5. The first kappa shape index (κ1) is 9.46. The van der Waals surface area contributed by atoms with E-state index < -0.39 is 11.8 Å². The molecular formula is C7H9N5O3. The fourth-order valence-electron chi connectivity index (χ4n) is 1.43. The number of carbonyl (C=O) groups excluding carboxylic acids is 1. The van der Waals surface area contributed by atoms with Gasteiger partial charge in [-0.15, -0.1) is 0 Å². The number of nitrogens with two attached hydrogens (primary N) is 1. The third-order valence-corrected chi connectivity index (χ3v) is 2.00. The van der Waals surface area contributed by atoms with E-state index >= 15 is 0 Å². The molecule has 0 bridgehead atoms. The Morgan fingerprint density at radius 1 is 1.67 bits per heavy atom. The van der Waals surface area contributed by atoms with Crippen molar-refractivity contribution in [2.45, 2.75) is 6.23 Å². The molecule has 1 atom stereocenters. The molecule has 2 rings (SSSR count). The van der Waals surface area contributed by atoms with Crippen LogP contribution in [0.15, 0.2) is 4.79 Å². The van der Waals surface area contributed by atoms with Crippen molar-refractivity contribution in [3.05, 3.63) is 10.4 Å². The first-order chi connectivity index (χ1) is 7.11. The van der Waals surface area contributed by atoms with Crippen molar-refractivity contribution in [3.63, 3.8) is 0 Å². The fourth-order valence-corrected chi connectivity index (χ4v) is 1.43. The minimum atomic E-state index is -0.962. The van der Waals surface area contributed by atoms with E-state index in [0.717, 1.165) is 4.90 Å². The number of β-amino-alcohol motifs (C(OH)–C–C–N with tert-alkyl or cyclic N) is 1. The van der Waals surface area contributed by atoms with E-state index in [9.17, 15) is 14.7 Å². The van der Waals surface area contributed by atoms with E-state index in [0.29, 0.717) is 6.41 Å². The highest BCUT2D eigenvalue weighted by Gasteiger charge is 2.26. The van der Waals surface area contributed by atoms with Crippen LogP contribution in [0, 0.1) is 0 Å². The number of nitrogens with zero attached hydrogens (tertiary/aromatic N) is 2. The van der Waals surface area contributed by atoms with E-state index in [1.54, 1.807) is 0 Å². The van der Waals surface area contributed by atoms with E-state index in [-0.39, 0.29) is 24.0 Å². The summed E-state index contributed by atoms with van der Waals surface area (Å²) in [4.78, 5) is 29.3. The third kappa shape index (κ3) is 1.50. The number of H-pyrrole nitrogens is 1. The summed E-state index contributed by atoms with van der Waals surface area (Å²) in [6.45, 7) is -0.00875. The first-order valence-corrected chi connectivity index (χ1v) is 4.18. The zero-order chi connectivity index (χ0) is 11.0. The number of aliphatic hydroxyl groups is 1. The molecule has 0 radical (unpaired) electrons. The zero-order valence-electron chi connectivity index (χ0n) is 7.60. The van der Waals surface area contributed by atoms with Gasteiger partial charge in [0.1, 0.15) is 6.23 Å². The summed E-state index contributed by atoms with van der Waals surface area (Å²) in [6, 6.07) is 0. The number of aromatic amines is 1. The average Bonchev–Trinajstić information content (AvgIpc) is 2.14. The maximum Gasteiger partial charge on any atom is 0.278 e. The predicted octanol–water partition coefficient (Wildman–Crippen LogP) is -1.94. The van der Waals surface area contributed by atoms with E-state index in [2.05, 4.69) is 15.3 Å². The quantitative estimate of drug-likeness (QED) is 0.400. The number of aromatic nitrogens is 2. The smallest absolute Gasteiger partial charge is 0.278 e. The van der Waals surface area contributed by atoms with Gasteiger partial charge in [-0.25, -0.2) is 0 Å². The first-order valence-electron chi connectivity index (χ1n) is 4.18. The van der Waals surface area contributed by atoms with Gasteiger partial charge in [-0.05, 0) is 0 Å². The second kappa shape index (κ2) is 3.24. The van der Waals surface area contributed by atoms with Gasteiger partial charge in [-0.3, -0.25) is 14.6 Å². The lowest BCUT2D eigenvalue weighted by Gasteiger charge is -2.28. The van der Waals surface area contributed by atoms with Gasteiger partial charge in [-0.2, -0.15) is 4.98 Å². The summed E-state index contributed by atoms with van der Waals surface area (Å²) in [5.74, 6) is 0.0216. The summed E-state index contributed by atoms with van der Waals surface area (Å²) >= 11 is 0. The van der Waals surface area contributed by atoms with E-state index in [1.165, 1.54) is 0 Å². The molecule has 1 aromatic rings. The third-order valence-electron chi connectivity index (χ3n) is 2.00. The van der Waals surface area contributed by atoms with Gasteiger partial charge in [0.2, 0.25) is 12.4 Å². The van der Waals surface area contributed by atoms with Gasteiger partial charge >= 0.3 is 0 Å². The summed E-state index contributed by atoms with van der Waals surface area (Å²) < 4.78 is 0. The van der Waals surface area contributed by atoms with Gasteiger partial charge in [0.25, 0.3) is 5.56 Å². The summed E-state index contributed by atoms with van der Waals surface area (Å²) in [5.41, 5.74) is 4.86. The van der Waals surface area contributed by atoms with Crippen molar-refractivity contribution < 1.29 is 9.90 Å². The monoisotopic (exact) mass is 211 g/mol. The molecule has 1 unspecified atom stereocenters. The van der Waals surface area contributed by atoms with Crippen LogP contribution >= 0.6 is 0 Å². The van der Waals surface area contributed by atoms with E-state index in [1.807, 2.05) is 0 Å². The Morgan fingerprint density at radius 3 is 3.07 bits per heavy atom. The van der Waals surface area contributed by atoms with Crippen LogP contribution in [-0.4, -0.2) is 34.3 Å². The number of nitrogens with one attached hydrogen (secondary N) is 2. The standard InChI is InChI=1S/C7H9N5O3/c8-7-10-5-4(6(15)11-7)12(2-13)1-3(14)9-5/h2-3,14H,1H2,(H4,8,9,10,11,15). The summed E-state index contributed by atoms with van der Waals surface area (Å²) in [7, 11) is 0. The highest BCUT2D eigenvalue weighted by atomic mass is 16.3. The second-order valence-corrected chi connectivity index (χ2v) is 3.07. The number of anilines is 3. The number of nitrogen functional groups attached to an aromatic ring is 1. The lowest BCUT2D eigenvalue weighted by atomic mass is 10.3. The number of hydrogen-bond donors (Lipinski definition) is 4. The van der Waals surface area contributed by atoms with Crippen molar-refractivity contribution in [1.82, 2.24) is 9.97 Å². The minimum Gasteiger partial charge on any atom is -0.372 e. The number of amides is 1. The van der Waals surface area contributed by atoms with Crippen LogP contribution in [0.4, 0.5) is 17.5 Å². The zero-order valence-corrected chi connectivity index (χ0v) is 7.60. The number of carbonyl (C=O) groups is 1. The highest BCUT2D eigenvalue weighted by Crippen LogP contribution is 2.23. The lowest BCUT2D eigenvalue weighted by molar-refractivity contribution is -0.107. The fraction of sp³-hybridized carbons (Fsp3) is 0.286. The van der Waals surface area contributed by atoms with Crippen LogP contribution in [0.5, 0.6) is 0 Å². The number of hydrogen-bond acceptors (Lipinski definition) is 6. The van der Waals surface area contributed by atoms with Crippen molar-refractivity contribution >= 4 is 23.9 Å². The normalized spacial score (nSPS) is 19.3. The summed E-state index contributed by atoms with van der Waals surface area (Å²) in [6.07, 6.45) is -0.507. The molecule has 0 aliphatic carbocycles. The van der Waals surface area contributed by atoms with Crippen LogP contribution in [0.2, 0.25) is 0 Å². The Balaban J connectivity index is 2.61. The Labute approximate surface area is 83.7 Å². The van der Waals surface area contributed by atoms with Crippen LogP contribution in [0.25, 0.3) is 0 Å². The molecule has 80 valence electrons. The van der Waals surface area contributed by atoms with Gasteiger partial charge in [0.15, 0.2) is 11.5 Å². The molecule has 0 fully saturated rings. The molecule has 1 aliphatic rings. The largest absolute Gasteiger partial charge is 0.372 e. The molecule has 0 saturated carbocycles. The SMILES string of the molecule is Nc1nc2c(c(=O)[nH]1)N(C=O)CC(O)N2. The van der Waals surface area contributed by atoms with Crippen LogP contribution in [0.3, 0.4) is 0 Å². The maximum atomic E-state index is 11.5. The van der Waals surface area contributed by atoms with Crippen LogP contribution < -0.4 is 21.5 Å². The van der Waals surface area contributed by atoms with Crippen LogP contribution in [0.1, 0.15) is 0 Å². The Kier molecular flexibility index (Phi) is 2.05. The number of aliphatic hydroxyl groups excluding tert-OH is 1. The van der Waals surface area contributed by atoms with Crippen LogP contribution in [-0.2, 0) is 4.79 Å². The molecule has 0 aromatic carbocycles. The molecule has 5 N–H and O–H groups in total. The van der Waals surface area contributed by atoms with Crippen molar-refractivity contribution in [3.8, 4) is 0 Å². The van der Waals surface area contributed by atoms with Gasteiger partial charge in [-0.1, -0.05) is 0 Å². The molecule has 15 heavy (non-hydrogen) atoms. The van der Waals surface area contributed by atoms with Crippen molar-refractivity contribution in [1.29, 1.82) is 0 Å². The molecular weight excluding hydrogens is 202 g/mol. The lowest BCUT2D eigenvalue weighted by Crippen LogP contribution is -2.44. The Hall–Kier alpha value is -2.09. The minimum absolute atomic E-state index is 0.00875. The highest BCUT2D eigenvalue weighted by molar-refractivity contribution is 5.83. The number of fused-ring (bicyclic) bond motifs is 1. The number of rotatable bonds is 1. The molecule has 1 aromatic heterocycles. The average molecular weight is 211 g/mol. The molecule has 8 heteroatoms. The summed E-state index contributed by atoms with van der Waals surface area (Å²) in [5, 5.41) is 11.9. The molecule has 2 heterocycles. The predicted molar refractivity (Wildman–Crippen MR) is 52.3 cm³/mol. The van der Waals surface area contributed by atoms with Gasteiger partial charge in [0, 0.05) is 0 Å². The Bertz CT molecular complexity index is 456. The molecule has 8 nitrogen and oxygen atoms in total. The van der Waals surface area contributed by atoms with Gasteiger partial charge < -0.3 is 21.1 Å². The van der Waals surface area contributed by atoms with E-state index in [4.69, 9.17) is 5.73 Å². The molecule has 0 spiro atoms. The van der Waals surface area contributed by atoms with Crippen molar-refractivity contribution in [2.24, 2.45) is 0 Å².